The Labute approximate surface area is 195 Å². The van der Waals surface area contributed by atoms with E-state index in [0.29, 0.717) is 26.8 Å². The number of likely N-dealkylation sites (tertiary alicyclic amines) is 1. The van der Waals surface area contributed by atoms with Gasteiger partial charge in [0.05, 0.1) is 0 Å². The quantitative estimate of drug-likeness (QED) is 0.405. The molecule has 4 heteroatoms. The summed E-state index contributed by atoms with van der Waals surface area (Å²) in [6.45, 7) is 5.81. The van der Waals surface area contributed by atoms with Crippen molar-refractivity contribution in [3.8, 4) is 0 Å². The second-order valence-electron chi connectivity index (χ2n) is 9.07. The van der Waals surface area contributed by atoms with Crippen molar-refractivity contribution in [2.75, 3.05) is 12.3 Å². The van der Waals surface area contributed by atoms with Gasteiger partial charge in [0.1, 0.15) is 0 Å². The summed E-state index contributed by atoms with van der Waals surface area (Å²) < 4.78 is 14.8. The van der Waals surface area contributed by atoms with Crippen LogP contribution in [0, 0.1) is 5.41 Å². The van der Waals surface area contributed by atoms with Gasteiger partial charge in [0.2, 0.25) is 0 Å². The van der Waals surface area contributed by atoms with E-state index in [1.807, 2.05) is 30.3 Å². The molecule has 0 spiro atoms. The van der Waals surface area contributed by atoms with Crippen molar-refractivity contribution >= 4 is 30.2 Å². The van der Waals surface area contributed by atoms with Crippen molar-refractivity contribution in [2.24, 2.45) is 5.41 Å². The fourth-order valence-corrected chi connectivity index (χ4v) is 8.06. The minimum atomic E-state index is -1.03. The van der Waals surface area contributed by atoms with Crippen molar-refractivity contribution < 1.29 is 4.21 Å². The third kappa shape index (κ3) is 5.96. The molecule has 0 bridgehead atoms. The maximum atomic E-state index is 13.3. The van der Waals surface area contributed by atoms with E-state index in [1.54, 1.807) is 0 Å². The number of hydrogen-bond acceptors (Lipinski definition) is 2. The molecular weight excluding hydrogens is 465 g/mol. The third-order valence-electron chi connectivity index (χ3n) is 5.95. The molecule has 1 unspecified atom stereocenters. The first-order chi connectivity index (χ1) is 15.0. The van der Waals surface area contributed by atoms with Crippen molar-refractivity contribution in [2.45, 2.75) is 42.6 Å². The van der Waals surface area contributed by atoms with Gasteiger partial charge in [-0.05, 0) is 0 Å². The summed E-state index contributed by atoms with van der Waals surface area (Å²) in [6, 6.07) is 32.2. The van der Waals surface area contributed by atoms with E-state index in [2.05, 4.69) is 79.4 Å². The topological polar surface area (TPSA) is 20.3 Å². The Morgan fingerprint density at radius 1 is 0.935 bits per heavy atom. The average molecular weight is 497 g/mol. The fourth-order valence-electron chi connectivity index (χ4n) is 4.54. The van der Waals surface area contributed by atoms with E-state index in [9.17, 15) is 4.21 Å². The molecule has 2 nitrogen and oxygen atoms in total. The molecule has 0 aliphatic carbocycles. The fraction of sp³-hybridized carbons (Fsp3) is 0.333. The van der Waals surface area contributed by atoms with Crippen LogP contribution >= 0.6 is 0 Å². The van der Waals surface area contributed by atoms with Crippen LogP contribution in [-0.2, 0) is 10.8 Å². The summed E-state index contributed by atoms with van der Waals surface area (Å²) in [5.74, 6) is 0.638. The maximum absolute atomic E-state index is 13.3. The predicted octanol–water partition coefficient (Wildman–Crippen LogP) is 5.08. The van der Waals surface area contributed by atoms with Gasteiger partial charge in [-0.3, -0.25) is 0 Å². The summed E-state index contributed by atoms with van der Waals surface area (Å²) in [5.41, 5.74) is 1.56. The Kier molecular flexibility index (Phi) is 7.45. The zero-order valence-corrected chi connectivity index (χ0v) is 20.8. The molecule has 1 saturated heterocycles. The molecule has 31 heavy (non-hydrogen) atoms. The molecule has 1 aliphatic rings. The van der Waals surface area contributed by atoms with Gasteiger partial charge in [0.25, 0.3) is 0 Å². The van der Waals surface area contributed by atoms with Crippen molar-refractivity contribution in [1.29, 1.82) is 0 Å². The van der Waals surface area contributed by atoms with Crippen LogP contribution in [0.3, 0.4) is 0 Å². The molecule has 1 heterocycles. The molecule has 3 aromatic carbocycles. The molecule has 162 valence electrons. The summed E-state index contributed by atoms with van der Waals surface area (Å²) in [7, 11) is -1.03. The van der Waals surface area contributed by atoms with Gasteiger partial charge >= 0.3 is 196 Å². The molecule has 3 aromatic rings. The summed E-state index contributed by atoms with van der Waals surface area (Å²) in [4.78, 5) is 3.59. The van der Waals surface area contributed by atoms with Crippen LogP contribution < -0.4 is 4.46 Å². The van der Waals surface area contributed by atoms with Gasteiger partial charge in [0.15, 0.2) is 0 Å². The Hall–Kier alpha value is -1.71. The van der Waals surface area contributed by atoms with E-state index < -0.39 is 10.8 Å². The first-order valence-electron chi connectivity index (χ1n) is 10.9. The number of nitrogens with zero attached hydrogens (tertiary/aromatic N) is 1. The molecule has 0 saturated carbocycles. The first kappa shape index (κ1) is 22.5. The Balaban J connectivity index is 1.59. The van der Waals surface area contributed by atoms with E-state index >= 15 is 0 Å². The van der Waals surface area contributed by atoms with Gasteiger partial charge in [-0.2, -0.15) is 0 Å². The standard InChI is InChI=1S/C27H31NOSSe/c1-27(2)18-23(20-31-25-16-10-5-11-17-25)28(21-27)26(22-12-6-3-7-13-22)19-30(29)24-14-8-4-9-15-24/h3-17,23,26H,18-21H2,1-2H3/t23-,26+,30?/m1/s1. The predicted molar refractivity (Wildman–Crippen MR) is 132 cm³/mol. The van der Waals surface area contributed by atoms with Crippen LogP contribution in [0.1, 0.15) is 31.9 Å². The summed E-state index contributed by atoms with van der Waals surface area (Å²) >= 11 is 0.449. The Morgan fingerprint density at radius 2 is 1.52 bits per heavy atom. The summed E-state index contributed by atoms with van der Waals surface area (Å²) in [6.07, 6.45) is 1.20. The van der Waals surface area contributed by atoms with Crippen LogP contribution in [0.2, 0.25) is 5.32 Å². The van der Waals surface area contributed by atoms with Crippen molar-refractivity contribution in [3.63, 3.8) is 0 Å². The second kappa shape index (κ2) is 10.3. The second-order valence-corrected chi connectivity index (χ2v) is 12.9. The SMILES string of the molecule is CC1(C)C[C@H](C[Se]c2ccccc2)N([C@@H](CS(=O)c2ccccc2)c2ccccc2)C1. The van der Waals surface area contributed by atoms with Gasteiger partial charge in [-0.25, -0.2) is 0 Å². The summed E-state index contributed by atoms with van der Waals surface area (Å²) in [5, 5.41) is 1.20. The van der Waals surface area contributed by atoms with E-state index in [4.69, 9.17) is 0 Å². The van der Waals surface area contributed by atoms with E-state index in [1.165, 1.54) is 21.8 Å². The molecule has 0 N–H and O–H groups in total. The minimum absolute atomic E-state index is 0.167. The molecule has 4 rings (SSSR count). The molecule has 3 atom stereocenters. The van der Waals surface area contributed by atoms with Gasteiger partial charge in [-0.1, -0.05) is 0 Å². The molecule has 0 amide bonds. The first-order valence-corrected chi connectivity index (χ1v) is 14.3. The molecule has 0 radical (unpaired) electrons. The number of hydrogen-bond donors (Lipinski definition) is 0. The molecule has 1 aliphatic heterocycles. The van der Waals surface area contributed by atoms with Crippen molar-refractivity contribution in [1.82, 2.24) is 4.90 Å². The Bertz CT molecular complexity index is 978. The number of rotatable bonds is 8. The zero-order chi connectivity index (χ0) is 21.7. The van der Waals surface area contributed by atoms with Crippen LogP contribution in [0.25, 0.3) is 0 Å². The van der Waals surface area contributed by atoms with E-state index in [0.717, 1.165) is 11.4 Å². The molecule has 1 fully saturated rings. The normalized spacial score (nSPS) is 20.4. The zero-order valence-electron chi connectivity index (χ0n) is 18.3. The number of benzene rings is 3. The van der Waals surface area contributed by atoms with Crippen molar-refractivity contribution in [3.05, 3.63) is 96.6 Å². The van der Waals surface area contributed by atoms with Gasteiger partial charge in [-0.15, -0.1) is 0 Å². The molecular formula is C27H31NOSSe. The third-order valence-corrected chi connectivity index (χ3v) is 9.80. The van der Waals surface area contributed by atoms with Gasteiger partial charge < -0.3 is 0 Å². The van der Waals surface area contributed by atoms with Crippen LogP contribution in [0.5, 0.6) is 0 Å². The van der Waals surface area contributed by atoms with Crippen LogP contribution in [-0.4, -0.2) is 42.4 Å². The molecule has 0 aromatic heterocycles. The van der Waals surface area contributed by atoms with Gasteiger partial charge in [0, 0.05) is 0 Å². The Morgan fingerprint density at radius 3 is 2.16 bits per heavy atom. The van der Waals surface area contributed by atoms with E-state index in [-0.39, 0.29) is 11.5 Å². The van der Waals surface area contributed by atoms with Crippen LogP contribution in [0.4, 0.5) is 0 Å². The average Bonchev–Trinajstić information content (AvgIpc) is 3.12. The monoisotopic (exact) mass is 497 g/mol. The van der Waals surface area contributed by atoms with Crippen LogP contribution in [0.15, 0.2) is 95.9 Å².